The lowest BCUT2D eigenvalue weighted by molar-refractivity contribution is -0.659. The van der Waals surface area contributed by atoms with Crippen LogP contribution in [0.2, 0.25) is 0 Å². The van der Waals surface area contributed by atoms with Crippen molar-refractivity contribution in [3.63, 3.8) is 0 Å². The van der Waals surface area contributed by atoms with Gasteiger partial charge in [0.25, 0.3) is 11.2 Å². The Hall–Kier alpha value is -3.75. The van der Waals surface area contributed by atoms with E-state index in [0.29, 0.717) is 36.2 Å². The third kappa shape index (κ3) is 3.20. The first-order valence-electron chi connectivity index (χ1n) is 9.19. The lowest BCUT2D eigenvalue weighted by Crippen LogP contribution is -2.42. The van der Waals surface area contributed by atoms with E-state index in [1.807, 2.05) is 23.8 Å². The highest BCUT2D eigenvalue weighted by molar-refractivity contribution is 5.96. The van der Waals surface area contributed by atoms with Gasteiger partial charge in [-0.2, -0.15) is 0 Å². The molecule has 0 bridgehead atoms. The van der Waals surface area contributed by atoms with Gasteiger partial charge in [0.05, 0.1) is 20.0 Å². The van der Waals surface area contributed by atoms with Gasteiger partial charge in [-0.05, 0) is 25.5 Å². The van der Waals surface area contributed by atoms with Gasteiger partial charge >= 0.3 is 5.97 Å². The number of rotatable bonds is 5. The van der Waals surface area contributed by atoms with Crippen molar-refractivity contribution in [1.82, 2.24) is 18.9 Å². The molecule has 0 unspecified atom stereocenters. The third-order valence-electron chi connectivity index (χ3n) is 4.94. The highest BCUT2D eigenvalue weighted by atomic mass is 16.5. The Kier molecular flexibility index (Phi) is 4.71. The molecule has 0 saturated heterocycles. The van der Waals surface area contributed by atoms with E-state index in [1.54, 1.807) is 29.4 Å². The first kappa shape index (κ1) is 18.6. The second-order valence-corrected chi connectivity index (χ2v) is 6.78. The van der Waals surface area contributed by atoms with Gasteiger partial charge < -0.3 is 15.0 Å². The van der Waals surface area contributed by atoms with Crippen molar-refractivity contribution < 1.29 is 14.1 Å². The number of nitrogens with zero attached hydrogens (tertiary/aromatic N) is 5. The summed E-state index contributed by atoms with van der Waals surface area (Å²) in [6, 6.07) is 5.14. The number of hydrogen-bond acceptors (Lipinski definition) is 6. The number of esters is 1. The van der Waals surface area contributed by atoms with E-state index in [4.69, 9.17) is 15.5 Å². The molecule has 2 N–H and O–H groups in total. The van der Waals surface area contributed by atoms with Crippen LogP contribution in [0.5, 0.6) is 0 Å². The van der Waals surface area contributed by atoms with E-state index in [-0.39, 0.29) is 16.9 Å². The molecule has 9 heteroatoms. The Morgan fingerprint density at radius 3 is 2.90 bits per heavy atom. The van der Waals surface area contributed by atoms with E-state index in [1.165, 1.54) is 17.6 Å². The molecule has 0 aromatic carbocycles. The summed E-state index contributed by atoms with van der Waals surface area (Å²) in [6.07, 6.45) is 7.69. The number of aryl methyl sites for hydroxylation is 3. The summed E-state index contributed by atoms with van der Waals surface area (Å²) in [4.78, 5) is 34.1. The molecule has 0 atom stereocenters. The smallest absolute Gasteiger partial charge is 0.344 e. The maximum absolute atomic E-state index is 13.1. The number of aromatic nitrogens is 5. The second kappa shape index (κ2) is 7.34. The fourth-order valence-corrected chi connectivity index (χ4v) is 3.44. The first-order chi connectivity index (χ1) is 14.0. The number of pyridine rings is 2. The molecule has 29 heavy (non-hydrogen) atoms. The topological polar surface area (TPSA) is 108 Å². The molecule has 4 aromatic heterocycles. The second-order valence-electron chi connectivity index (χ2n) is 6.78. The van der Waals surface area contributed by atoms with Gasteiger partial charge in [0, 0.05) is 30.7 Å². The predicted octanol–water partition coefficient (Wildman–Crippen LogP) is 1.10. The van der Waals surface area contributed by atoms with Crippen LogP contribution in [0.3, 0.4) is 0 Å². The molecule has 0 fully saturated rings. The van der Waals surface area contributed by atoms with Crippen LogP contribution in [0.25, 0.3) is 16.7 Å². The lowest BCUT2D eigenvalue weighted by Gasteiger charge is -2.12. The highest BCUT2D eigenvalue weighted by Gasteiger charge is 2.25. The fraction of sp³-hybridized carbons (Fsp3) is 0.250. The van der Waals surface area contributed by atoms with Gasteiger partial charge in [-0.25, -0.2) is 14.3 Å². The van der Waals surface area contributed by atoms with Gasteiger partial charge in [0.1, 0.15) is 10.9 Å². The van der Waals surface area contributed by atoms with Crippen LogP contribution >= 0.6 is 0 Å². The van der Waals surface area contributed by atoms with Gasteiger partial charge in [-0.3, -0.25) is 9.20 Å². The van der Waals surface area contributed by atoms with Gasteiger partial charge in [0.2, 0.25) is 11.5 Å². The normalized spacial score (nSPS) is 11.2. The summed E-state index contributed by atoms with van der Waals surface area (Å²) in [6.45, 7) is 3.07. The minimum atomic E-state index is -0.596. The molecule has 4 aromatic rings. The summed E-state index contributed by atoms with van der Waals surface area (Å²) < 4.78 is 10.00. The quantitative estimate of drug-likeness (QED) is 0.309. The molecule has 0 aliphatic heterocycles. The standard InChI is InChI=1S/C20H20N6O3/c1-13-5-3-8-26-17(13)23-18-15(19(26)27)11-14(20(28)29-2)16(21)25(18)9-4-7-24-10-6-22-12-24/h3,5-6,8,10-12,21H,4,7,9H2,1-2H3/p+1. The predicted molar refractivity (Wildman–Crippen MR) is 106 cm³/mol. The maximum Gasteiger partial charge on any atom is 0.344 e. The molecule has 148 valence electrons. The fourth-order valence-electron chi connectivity index (χ4n) is 3.44. The number of nitrogen functional groups attached to an aromatic ring is 1. The molecule has 0 radical (unpaired) electrons. The molecule has 0 aliphatic rings. The van der Waals surface area contributed by atoms with Crippen molar-refractivity contribution >= 4 is 28.5 Å². The van der Waals surface area contributed by atoms with Crippen molar-refractivity contribution in [3.8, 4) is 0 Å². The van der Waals surface area contributed by atoms with Crippen molar-refractivity contribution in [2.75, 3.05) is 12.8 Å². The van der Waals surface area contributed by atoms with Crippen LogP contribution in [-0.2, 0) is 17.8 Å². The number of imidazole rings is 1. The molecule has 0 amide bonds. The summed E-state index contributed by atoms with van der Waals surface area (Å²) in [5.74, 6) is -0.374. The minimum absolute atomic E-state index is 0.147. The van der Waals surface area contributed by atoms with E-state index in [9.17, 15) is 9.59 Å². The molecular weight excluding hydrogens is 372 g/mol. The number of hydrogen-bond donors (Lipinski definition) is 1. The van der Waals surface area contributed by atoms with Gasteiger partial charge in [0.15, 0.2) is 0 Å². The highest BCUT2D eigenvalue weighted by Crippen LogP contribution is 2.16. The number of methoxy groups -OCH3 is 1. The van der Waals surface area contributed by atoms with Crippen LogP contribution < -0.4 is 15.9 Å². The number of ether oxygens (including phenoxy) is 1. The number of fused-ring (bicyclic) bond motifs is 2. The molecule has 0 aliphatic carbocycles. The first-order valence-corrected chi connectivity index (χ1v) is 9.19. The van der Waals surface area contributed by atoms with E-state index in [0.717, 1.165) is 5.56 Å². The zero-order chi connectivity index (χ0) is 20.5. The van der Waals surface area contributed by atoms with Crippen molar-refractivity contribution in [2.45, 2.75) is 26.4 Å². The molecule has 4 rings (SSSR count). The Morgan fingerprint density at radius 1 is 1.34 bits per heavy atom. The van der Waals surface area contributed by atoms with Crippen LogP contribution in [0.1, 0.15) is 22.3 Å². The summed E-state index contributed by atoms with van der Waals surface area (Å²) in [5.41, 5.74) is 8.06. The monoisotopic (exact) mass is 393 g/mol. The molecule has 4 heterocycles. The zero-order valence-electron chi connectivity index (χ0n) is 16.2. The van der Waals surface area contributed by atoms with E-state index in [2.05, 4.69) is 4.98 Å². The van der Waals surface area contributed by atoms with Crippen LogP contribution in [-0.4, -0.2) is 32.0 Å². The maximum atomic E-state index is 13.1. The number of carbonyl (C=O) groups is 1. The van der Waals surface area contributed by atoms with Crippen LogP contribution in [0.15, 0.2) is 47.9 Å². The Labute approximate surface area is 166 Å². The lowest BCUT2D eigenvalue weighted by atomic mass is 10.2. The number of anilines is 1. The van der Waals surface area contributed by atoms with Gasteiger partial charge in [-0.1, -0.05) is 11.1 Å². The summed E-state index contributed by atoms with van der Waals surface area (Å²) in [7, 11) is 1.28. The van der Waals surface area contributed by atoms with Crippen molar-refractivity contribution in [1.29, 1.82) is 0 Å². The number of nitrogens with two attached hydrogens (primary N) is 1. The van der Waals surface area contributed by atoms with Crippen LogP contribution in [0, 0.1) is 6.92 Å². The molecule has 0 spiro atoms. The van der Waals surface area contributed by atoms with Crippen molar-refractivity contribution in [3.05, 3.63) is 64.6 Å². The minimum Gasteiger partial charge on any atom is -0.465 e. The molecular formula is C20H21N6O3+. The summed E-state index contributed by atoms with van der Waals surface area (Å²) >= 11 is 0. The number of carbonyl (C=O) groups excluding carboxylic acids is 1. The third-order valence-corrected chi connectivity index (χ3v) is 4.94. The Bertz CT molecular complexity index is 1280. The average Bonchev–Trinajstić information content (AvgIpc) is 3.23. The Morgan fingerprint density at radius 2 is 2.17 bits per heavy atom. The van der Waals surface area contributed by atoms with Crippen LogP contribution in [0.4, 0.5) is 5.82 Å². The SMILES string of the molecule is COC(=O)c1cc2c(=O)n3cccc(C)c3nc2[n+](CCCn2ccnc2)c1N. The van der Waals surface area contributed by atoms with Crippen molar-refractivity contribution in [2.24, 2.45) is 0 Å². The largest absolute Gasteiger partial charge is 0.465 e. The average molecular weight is 393 g/mol. The Balaban J connectivity index is 1.93. The van der Waals surface area contributed by atoms with E-state index < -0.39 is 5.97 Å². The van der Waals surface area contributed by atoms with E-state index >= 15 is 0 Å². The summed E-state index contributed by atoms with van der Waals surface area (Å²) in [5, 5.41) is 0.310. The zero-order valence-corrected chi connectivity index (χ0v) is 16.2. The molecule has 0 saturated carbocycles. The van der Waals surface area contributed by atoms with Gasteiger partial charge in [-0.15, -0.1) is 0 Å². The molecule has 9 nitrogen and oxygen atoms in total.